The molecule has 11 heteroatoms. The molecule has 4 rings (SSSR count). The first-order valence-corrected chi connectivity index (χ1v) is 9.46. The van der Waals surface area contributed by atoms with Gasteiger partial charge in [-0.15, -0.1) is 5.10 Å². The number of hydrogen-bond acceptors (Lipinski definition) is 6. The minimum Gasteiger partial charge on any atom is -0.362 e. The Balaban J connectivity index is 1.62. The standard InChI is InChI=1S/C18H18ClF2N7O/c1-10(11-3-2-5-22-12(11)7-16(20)21)28-14-4-6-27(9-13(14)24-26-28)15-8-23-25-18(29)17(15)19/h2-3,5,8,10,16H,4,6-7,9H2,1H3,(H,25,29). The molecule has 1 aliphatic rings. The van der Waals surface area contributed by atoms with Crippen LogP contribution in [0.15, 0.2) is 29.3 Å². The molecule has 3 aromatic heterocycles. The molecule has 0 aliphatic carbocycles. The van der Waals surface area contributed by atoms with Crippen LogP contribution < -0.4 is 10.5 Å². The average molecular weight is 422 g/mol. The number of hydrogen-bond donors (Lipinski definition) is 1. The lowest BCUT2D eigenvalue weighted by atomic mass is 10.0. The van der Waals surface area contributed by atoms with Crippen LogP contribution in [-0.2, 0) is 19.4 Å². The summed E-state index contributed by atoms with van der Waals surface area (Å²) < 4.78 is 27.6. The Morgan fingerprint density at radius 3 is 3.00 bits per heavy atom. The van der Waals surface area contributed by atoms with Gasteiger partial charge in [-0.25, -0.2) is 18.6 Å². The van der Waals surface area contributed by atoms with Gasteiger partial charge < -0.3 is 4.90 Å². The van der Waals surface area contributed by atoms with Crippen LogP contribution in [0.1, 0.15) is 35.6 Å². The number of aromatic amines is 1. The summed E-state index contributed by atoms with van der Waals surface area (Å²) in [6.07, 6.45) is 0.761. The molecule has 0 radical (unpaired) electrons. The molecule has 0 aromatic carbocycles. The van der Waals surface area contributed by atoms with Crippen molar-refractivity contribution in [3.63, 3.8) is 0 Å². The van der Waals surface area contributed by atoms with Gasteiger partial charge in [0, 0.05) is 19.2 Å². The van der Waals surface area contributed by atoms with E-state index in [2.05, 4.69) is 25.5 Å². The van der Waals surface area contributed by atoms with Crippen LogP contribution in [0.25, 0.3) is 0 Å². The molecule has 0 saturated carbocycles. The number of anilines is 1. The van der Waals surface area contributed by atoms with Crippen molar-refractivity contribution in [2.24, 2.45) is 0 Å². The third kappa shape index (κ3) is 3.71. The number of nitrogens with zero attached hydrogens (tertiary/aromatic N) is 6. The highest BCUT2D eigenvalue weighted by molar-refractivity contribution is 6.32. The van der Waals surface area contributed by atoms with Crippen LogP contribution in [0.4, 0.5) is 14.5 Å². The van der Waals surface area contributed by atoms with Crippen LogP contribution in [0.5, 0.6) is 0 Å². The summed E-state index contributed by atoms with van der Waals surface area (Å²) in [4.78, 5) is 17.8. The SMILES string of the molecule is CC(c1cccnc1CC(F)F)n1nnc2c1CCN(c1cn[nH]c(=O)c1Cl)C2. The lowest BCUT2D eigenvalue weighted by Crippen LogP contribution is -2.33. The zero-order valence-electron chi connectivity index (χ0n) is 15.5. The second-order valence-electron chi connectivity index (χ2n) is 6.81. The number of pyridine rings is 1. The fraction of sp³-hybridized carbons (Fsp3) is 0.389. The van der Waals surface area contributed by atoms with Crippen molar-refractivity contribution >= 4 is 17.3 Å². The molecule has 1 N–H and O–H groups in total. The fourth-order valence-electron chi connectivity index (χ4n) is 3.62. The van der Waals surface area contributed by atoms with E-state index in [1.165, 1.54) is 12.4 Å². The van der Waals surface area contributed by atoms with Crippen molar-refractivity contribution in [3.05, 3.63) is 62.5 Å². The van der Waals surface area contributed by atoms with E-state index >= 15 is 0 Å². The lowest BCUT2D eigenvalue weighted by molar-refractivity contribution is 0.147. The fourth-order valence-corrected chi connectivity index (χ4v) is 3.83. The van der Waals surface area contributed by atoms with Gasteiger partial charge in [0.05, 0.1) is 42.3 Å². The second-order valence-corrected chi connectivity index (χ2v) is 7.19. The maximum Gasteiger partial charge on any atom is 0.285 e. The molecule has 8 nitrogen and oxygen atoms in total. The van der Waals surface area contributed by atoms with Gasteiger partial charge in [0.2, 0.25) is 6.43 Å². The molecule has 0 spiro atoms. The number of aromatic nitrogens is 6. The molecule has 0 amide bonds. The molecule has 3 aromatic rings. The largest absolute Gasteiger partial charge is 0.362 e. The lowest BCUT2D eigenvalue weighted by Gasteiger charge is -2.29. The Kier molecular flexibility index (Phi) is 5.27. The zero-order chi connectivity index (χ0) is 20.5. The third-order valence-corrected chi connectivity index (χ3v) is 5.40. The molecule has 1 aliphatic heterocycles. The smallest absolute Gasteiger partial charge is 0.285 e. The summed E-state index contributed by atoms with van der Waals surface area (Å²) in [5, 5.41) is 14.7. The molecular formula is C18H18ClF2N7O. The van der Waals surface area contributed by atoms with Crippen molar-refractivity contribution in [1.29, 1.82) is 0 Å². The maximum absolute atomic E-state index is 12.9. The molecular weight excluding hydrogens is 404 g/mol. The Hall–Kier alpha value is -2.88. The summed E-state index contributed by atoms with van der Waals surface area (Å²) in [6.45, 7) is 2.91. The summed E-state index contributed by atoms with van der Waals surface area (Å²) in [7, 11) is 0. The predicted molar refractivity (Wildman–Crippen MR) is 102 cm³/mol. The Morgan fingerprint density at radius 2 is 2.21 bits per heavy atom. The molecule has 0 saturated heterocycles. The van der Waals surface area contributed by atoms with E-state index in [9.17, 15) is 13.6 Å². The van der Waals surface area contributed by atoms with Gasteiger partial charge in [0.25, 0.3) is 5.56 Å². The molecule has 152 valence electrons. The molecule has 29 heavy (non-hydrogen) atoms. The number of alkyl halides is 2. The van der Waals surface area contributed by atoms with Crippen LogP contribution in [0.3, 0.4) is 0 Å². The molecule has 4 heterocycles. The van der Waals surface area contributed by atoms with Crippen LogP contribution in [0, 0.1) is 0 Å². The Labute approximate surface area is 169 Å². The molecule has 0 fully saturated rings. The normalized spacial score (nSPS) is 14.9. The van der Waals surface area contributed by atoms with Gasteiger partial charge in [-0.2, -0.15) is 5.10 Å². The van der Waals surface area contributed by atoms with Crippen molar-refractivity contribution in [3.8, 4) is 0 Å². The van der Waals surface area contributed by atoms with E-state index in [-0.39, 0.29) is 11.1 Å². The van der Waals surface area contributed by atoms with Crippen molar-refractivity contribution in [1.82, 2.24) is 30.2 Å². The number of rotatable bonds is 5. The zero-order valence-corrected chi connectivity index (χ0v) is 16.3. The number of fused-ring (bicyclic) bond motifs is 1. The van der Waals surface area contributed by atoms with Gasteiger partial charge in [0.15, 0.2) is 0 Å². The van der Waals surface area contributed by atoms with E-state index in [1.807, 2.05) is 11.8 Å². The van der Waals surface area contributed by atoms with Crippen LogP contribution >= 0.6 is 11.6 Å². The maximum atomic E-state index is 12.9. The Bertz CT molecular complexity index is 1080. The first kappa shape index (κ1) is 19.4. The quantitative estimate of drug-likeness (QED) is 0.680. The highest BCUT2D eigenvalue weighted by atomic mass is 35.5. The predicted octanol–water partition coefficient (Wildman–Crippen LogP) is 2.39. The van der Waals surface area contributed by atoms with Gasteiger partial charge >= 0.3 is 0 Å². The molecule has 1 atom stereocenters. The minimum atomic E-state index is -2.47. The number of halogens is 3. The van der Waals surface area contributed by atoms with E-state index < -0.39 is 18.4 Å². The summed E-state index contributed by atoms with van der Waals surface area (Å²) in [6, 6.07) is 3.23. The van der Waals surface area contributed by atoms with Gasteiger partial charge in [-0.1, -0.05) is 22.9 Å². The minimum absolute atomic E-state index is 0.0798. The number of nitrogens with one attached hydrogen (secondary N) is 1. The molecule has 0 bridgehead atoms. The van der Waals surface area contributed by atoms with E-state index in [1.54, 1.807) is 16.8 Å². The van der Waals surface area contributed by atoms with Gasteiger partial charge in [-0.3, -0.25) is 9.78 Å². The summed E-state index contributed by atoms with van der Waals surface area (Å²) in [5.41, 5.74) is 2.82. The third-order valence-electron chi connectivity index (χ3n) is 5.04. The monoisotopic (exact) mass is 421 g/mol. The first-order valence-electron chi connectivity index (χ1n) is 9.08. The average Bonchev–Trinajstić information content (AvgIpc) is 3.13. The summed E-state index contributed by atoms with van der Waals surface area (Å²) in [5.74, 6) is 0. The number of H-pyrrole nitrogens is 1. The Morgan fingerprint density at radius 1 is 1.38 bits per heavy atom. The summed E-state index contributed by atoms with van der Waals surface area (Å²) >= 11 is 6.11. The first-order chi connectivity index (χ1) is 14.0. The van der Waals surface area contributed by atoms with Crippen molar-refractivity contribution < 1.29 is 8.78 Å². The van der Waals surface area contributed by atoms with E-state index in [4.69, 9.17) is 11.6 Å². The van der Waals surface area contributed by atoms with E-state index in [0.717, 1.165) is 11.4 Å². The van der Waals surface area contributed by atoms with Crippen molar-refractivity contribution in [2.75, 3.05) is 11.4 Å². The van der Waals surface area contributed by atoms with Crippen molar-refractivity contribution in [2.45, 2.75) is 38.8 Å². The highest BCUT2D eigenvalue weighted by Crippen LogP contribution is 2.29. The molecule has 1 unspecified atom stereocenters. The van der Waals surface area contributed by atoms with E-state index in [0.29, 0.717) is 36.5 Å². The van der Waals surface area contributed by atoms with Gasteiger partial charge in [0.1, 0.15) is 10.7 Å². The topological polar surface area (TPSA) is 92.6 Å². The highest BCUT2D eigenvalue weighted by Gasteiger charge is 2.27. The second kappa shape index (κ2) is 7.86. The van der Waals surface area contributed by atoms with Crippen LogP contribution in [-0.4, -0.2) is 43.1 Å². The van der Waals surface area contributed by atoms with Gasteiger partial charge in [-0.05, 0) is 18.6 Å². The van der Waals surface area contributed by atoms with Crippen LogP contribution in [0.2, 0.25) is 5.02 Å².